The van der Waals surface area contributed by atoms with Crippen LogP contribution in [0.1, 0.15) is 24.1 Å². The molecule has 0 radical (unpaired) electrons. The molecule has 0 unspecified atom stereocenters. The van der Waals surface area contributed by atoms with Gasteiger partial charge in [-0.25, -0.2) is 9.96 Å². The molecule has 162 valence electrons. The first-order chi connectivity index (χ1) is 15.5. The SMILES string of the molecule is CCc1ccc(N2C(=O)[C@H]3[C@@H](ON(c4ccccc4)[C@H]3c3ccc(Cl)cc3Cl)C2=O)cc1. The summed E-state index contributed by atoms with van der Waals surface area (Å²) in [5, 5.41) is 2.53. The molecule has 0 saturated carbocycles. The maximum absolute atomic E-state index is 13.6. The third-order valence-electron chi connectivity index (χ3n) is 6.01. The quantitative estimate of drug-likeness (QED) is 0.469. The Balaban J connectivity index is 1.58. The Hall–Kier alpha value is -2.86. The number of benzene rings is 3. The van der Waals surface area contributed by atoms with E-state index in [4.69, 9.17) is 28.0 Å². The molecule has 0 bridgehead atoms. The van der Waals surface area contributed by atoms with Crippen LogP contribution in [0.25, 0.3) is 0 Å². The van der Waals surface area contributed by atoms with Crippen molar-refractivity contribution in [2.45, 2.75) is 25.5 Å². The summed E-state index contributed by atoms with van der Waals surface area (Å²) in [6.07, 6.45) is -0.0648. The second-order valence-corrected chi connectivity index (χ2v) is 8.70. The van der Waals surface area contributed by atoms with E-state index >= 15 is 0 Å². The Morgan fingerprint density at radius 1 is 0.875 bits per heavy atom. The van der Waals surface area contributed by atoms with E-state index in [-0.39, 0.29) is 11.8 Å². The lowest BCUT2D eigenvalue weighted by atomic mass is 9.90. The smallest absolute Gasteiger partial charge is 0.266 e. The number of fused-ring (bicyclic) bond motifs is 1. The molecule has 5 rings (SSSR count). The molecular weight excluding hydrogens is 447 g/mol. The molecule has 0 spiro atoms. The van der Waals surface area contributed by atoms with Crippen LogP contribution in [0.3, 0.4) is 0 Å². The van der Waals surface area contributed by atoms with Gasteiger partial charge in [0.15, 0.2) is 6.10 Å². The fraction of sp³-hybridized carbons (Fsp3) is 0.200. The maximum atomic E-state index is 13.6. The maximum Gasteiger partial charge on any atom is 0.266 e. The van der Waals surface area contributed by atoms with E-state index in [1.54, 1.807) is 35.4 Å². The first-order valence-corrected chi connectivity index (χ1v) is 11.2. The molecule has 0 N–H and O–H groups in total. The van der Waals surface area contributed by atoms with Crippen molar-refractivity contribution in [1.29, 1.82) is 0 Å². The summed E-state index contributed by atoms with van der Waals surface area (Å²) in [5.41, 5.74) is 3.09. The van der Waals surface area contributed by atoms with Gasteiger partial charge in [-0.15, -0.1) is 0 Å². The van der Waals surface area contributed by atoms with Crippen molar-refractivity contribution >= 4 is 46.4 Å². The first kappa shape index (κ1) is 21.0. The van der Waals surface area contributed by atoms with Gasteiger partial charge in [-0.2, -0.15) is 0 Å². The van der Waals surface area contributed by atoms with Gasteiger partial charge >= 0.3 is 0 Å². The molecule has 32 heavy (non-hydrogen) atoms. The van der Waals surface area contributed by atoms with Gasteiger partial charge in [0.2, 0.25) is 5.91 Å². The van der Waals surface area contributed by atoms with Crippen molar-refractivity contribution in [3.8, 4) is 0 Å². The fourth-order valence-corrected chi connectivity index (χ4v) is 4.93. The third-order valence-corrected chi connectivity index (χ3v) is 6.57. The molecule has 2 aliphatic rings. The molecule has 2 amide bonds. The van der Waals surface area contributed by atoms with Crippen molar-refractivity contribution < 1.29 is 14.4 Å². The van der Waals surface area contributed by atoms with Gasteiger partial charge in [-0.1, -0.05) is 66.5 Å². The van der Waals surface area contributed by atoms with Crippen molar-refractivity contribution in [3.63, 3.8) is 0 Å². The van der Waals surface area contributed by atoms with E-state index in [1.165, 1.54) is 4.90 Å². The summed E-state index contributed by atoms with van der Waals surface area (Å²) < 4.78 is 0. The third kappa shape index (κ3) is 3.37. The zero-order valence-corrected chi connectivity index (χ0v) is 18.8. The topological polar surface area (TPSA) is 49.9 Å². The number of hydrogen-bond donors (Lipinski definition) is 0. The summed E-state index contributed by atoms with van der Waals surface area (Å²) in [6, 6.07) is 21.4. The highest BCUT2D eigenvalue weighted by Crippen LogP contribution is 2.49. The zero-order chi connectivity index (χ0) is 22.4. The molecule has 0 aliphatic carbocycles. The largest absolute Gasteiger partial charge is 0.273 e. The molecule has 3 aromatic rings. The fourth-order valence-electron chi connectivity index (χ4n) is 4.41. The number of hydrogen-bond acceptors (Lipinski definition) is 4. The predicted molar refractivity (Wildman–Crippen MR) is 125 cm³/mol. The highest BCUT2D eigenvalue weighted by atomic mass is 35.5. The monoisotopic (exact) mass is 466 g/mol. The number of para-hydroxylation sites is 1. The molecule has 0 aromatic heterocycles. The standard InChI is InChI=1S/C25H20Cl2N2O3/c1-2-15-8-11-17(12-9-15)28-24(30)21-22(19-13-10-16(26)14-20(19)27)29(32-23(21)25(28)31)18-6-4-3-5-7-18/h3-14,21-23H,2H2,1H3/t21-,22+,23-/m1/s1. The van der Waals surface area contributed by atoms with E-state index < -0.39 is 18.1 Å². The van der Waals surface area contributed by atoms with E-state index in [9.17, 15) is 9.59 Å². The Bertz CT molecular complexity index is 1180. The van der Waals surface area contributed by atoms with Gasteiger partial charge in [0.25, 0.3) is 5.91 Å². The van der Waals surface area contributed by atoms with E-state index in [2.05, 4.69) is 6.92 Å². The van der Waals surface area contributed by atoms with E-state index in [1.807, 2.05) is 42.5 Å². The highest BCUT2D eigenvalue weighted by molar-refractivity contribution is 6.35. The second-order valence-electron chi connectivity index (χ2n) is 7.86. The van der Waals surface area contributed by atoms with E-state index in [0.29, 0.717) is 21.3 Å². The number of imide groups is 1. The van der Waals surface area contributed by atoms with Crippen molar-refractivity contribution in [2.75, 3.05) is 9.96 Å². The van der Waals surface area contributed by atoms with Crippen molar-refractivity contribution in [3.05, 3.63) is 94.0 Å². The van der Waals surface area contributed by atoms with Gasteiger partial charge in [0, 0.05) is 10.0 Å². The van der Waals surface area contributed by atoms with Crippen molar-refractivity contribution in [2.24, 2.45) is 5.92 Å². The number of carbonyl (C=O) groups excluding carboxylic acids is 2. The first-order valence-electron chi connectivity index (χ1n) is 10.4. The number of hydroxylamine groups is 1. The number of nitrogens with zero attached hydrogens (tertiary/aromatic N) is 2. The van der Waals surface area contributed by atoms with Crippen LogP contribution in [0.5, 0.6) is 0 Å². The summed E-state index contributed by atoms with van der Waals surface area (Å²) >= 11 is 12.7. The van der Waals surface area contributed by atoms with Crippen LogP contribution in [-0.2, 0) is 20.8 Å². The van der Waals surface area contributed by atoms with Crippen LogP contribution in [0.2, 0.25) is 10.0 Å². The predicted octanol–water partition coefficient (Wildman–Crippen LogP) is 5.61. The van der Waals surface area contributed by atoms with Crippen LogP contribution >= 0.6 is 23.2 Å². The summed E-state index contributed by atoms with van der Waals surface area (Å²) in [7, 11) is 0. The van der Waals surface area contributed by atoms with Crippen molar-refractivity contribution in [1.82, 2.24) is 0 Å². The Labute approximate surface area is 196 Å². The van der Waals surface area contributed by atoms with Crippen LogP contribution in [0, 0.1) is 5.92 Å². The minimum absolute atomic E-state index is 0.307. The van der Waals surface area contributed by atoms with Gasteiger partial charge in [-0.3, -0.25) is 14.4 Å². The molecule has 2 aliphatic heterocycles. The summed E-state index contributed by atoms with van der Waals surface area (Å²) in [5.74, 6) is -1.43. The minimum atomic E-state index is -0.940. The van der Waals surface area contributed by atoms with E-state index in [0.717, 1.165) is 17.7 Å². The normalized spacial score (nSPS) is 22.5. The highest BCUT2D eigenvalue weighted by Gasteiger charge is 2.60. The number of halogens is 2. The number of rotatable bonds is 4. The van der Waals surface area contributed by atoms with Gasteiger partial charge in [0.1, 0.15) is 5.92 Å². The van der Waals surface area contributed by atoms with Gasteiger partial charge < -0.3 is 0 Å². The second kappa shape index (κ2) is 8.24. The Morgan fingerprint density at radius 2 is 1.59 bits per heavy atom. The molecule has 2 fully saturated rings. The lowest BCUT2D eigenvalue weighted by molar-refractivity contribution is -0.126. The number of amides is 2. The average molecular weight is 467 g/mol. The Morgan fingerprint density at radius 3 is 2.25 bits per heavy atom. The van der Waals surface area contributed by atoms with Gasteiger partial charge in [0.05, 0.1) is 17.4 Å². The minimum Gasteiger partial charge on any atom is -0.273 e. The average Bonchev–Trinajstić information content (AvgIpc) is 3.30. The molecule has 2 saturated heterocycles. The molecular formula is C25H20Cl2N2O3. The zero-order valence-electron chi connectivity index (χ0n) is 17.2. The number of aryl methyl sites for hydroxylation is 1. The number of anilines is 2. The molecule has 2 heterocycles. The Kier molecular flexibility index (Phi) is 5.41. The molecule has 5 nitrogen and oxygen atoms in total. The summed E-state index contributed by atoms with van der Waals surface area (Å²) in [4.78, 5) is 34.3. The van der Waals surface area contributed by atoms with Crippen LogP contribution in [-0.4, -0.2) is 17.9 Å². The lowest BCUT2D eigenvalue weighted by Crippen LogP contribution is -2.37. The van der Waals surface area contributed by atoms with Crippen LogP contribution < -0.4 is 9.96 Å². The van der Waals surface area contributed by atoms with Crippen LogP contribution in [0.4, 0.5) is 11.4 Å². The van der Waals surface area contributed by atoms with Gasteiger partial charge in [-0.05, 0) is 53.9 Å². The summed E-state index contributed by atoms with van der Waals surface area (Å²) in [6.45, 7) is 2.05. The lowest BCUT2D eigenvalue weighted by Gasteiger charge is -2.29. The number of carbonyl (C=O) groups is 2. The molecule has 7 heteroatoms. The molecule has 3 atom stereocenters. The van der Waals surface area contributed by atoms with Crippen LogP contribution in [0.15, 0.2) is 72.8 Å². The molecule has 3 aromatic carbocycles.